The van der Waals surface area contributed by atoms with Gasteiger partial charge in [0.1, 0.15) is 11.9 Å². The van der Waals surface area contributed by atoms with E-state index < -0.39 is 0 Å². The molecule has 2 unspecified atom stereocenters. The minimum Gasteiger partial charge on any atom is -0.380 e. The molecular weight excluding hydrogens is 395 g/mol. The van der Waals surface area contributed by atoms with E-state index in [-0.39, 0.29) is 23.8 Å². The van der Waals surface area contributed by atoms with Gasteiger partial charge in [-0.2, -0.15) is 0 Å². The molecule has 170 valence electrons. The summed E-state index contributed by atoms with van der Waals surface area (Å²) in [6.45, 7) is 8.21. The van der Waals surface area contributed by atoms with Gasteiger partial charge in [-0.15, -0.1) is 0 Å². The number of benzene rings is 1. The molecule has 7 heteroatoms. The zero-order valence-electron chi connectivity index (χ0n) is 18.5. The van der Waals surface area contributed by atoms with Crippen LogP contribution in [0.1, 0.15) is 43.2 Å². The normalized spacial score (nSPS) is 31.9. The van der Waals surface area contributed by atoms with Crippen molar-refractivity contribution in [1.82, 2.24) is 15.1 Å². The van der Waals surface area contributed by atoms with Gasteiger partial charge in [0.25, 0.3) is 0 Å². The molecule has 2 saturated heterocycles. The minimum absolute atomic E-state index is 0.00621. The Balaban J connectivity index is 1.12. The molecule has 1 aliphatic carbocycles. The van der Waals surface area contributed by atoms with Gasteiger partial charge in [0.05, 0.1) is 6.61 Å². The first-order valence-corrected chi connectivity index (χ1v) is 12.0. The van der Waals surface area contributed by atoms with Crippen molar-refractivity contribution in [2.45, 2.75) is 69.6 Å². The van der Waals surface area contributed by atoms with Crippen LogP contribution in [0.25, 0.3) is 0 Å². The van der Waals surface area contributed by atoms with E-state index in [1.165, 1.54) is 18.9 Å². The maximum atomic E-state index is 14.2. The van der Waals surface area contributed by atoms with Crippen molar-refractivity contribution in [1.29, 1.82) is 0 Å². The topological polar surface area (TPSA) is 56.8 Å². The van der Waals surface area contributed by atoms with Crippen molar-refractivity contribution < 1.29 is 13.9 Å². The van der Waals surface area contributed by atoms with Gasteiger partial charge in [-0.05, 0) is 50.7 Å². The molecule has 0 aromatic heterocycles. The number of fused-ring (bicyclic) bond motifs is 1. The third-order valence-corrected chi connectivity index (χ3v) is 7.79. The monoisotopic (exact) mass is 430 g/mol. The summed E-state index contributed by atoms with van der Waals surface area (Å²) in [5, 5.41) is 6.54. The number of amides is 1. The number of hydrogen-bond acceptors (Lipinski definition) is 5. The van der Waals surface area contributed by atoms with Crippen molar-refractivity contribution in [3.05, 3.63) is 29.1 Å². The standard InChI is InChI=1S/C24H35FN4O2/c1-16-5-6-21(25)20-14-22(27-23(16)20)24(30)26-17-3-2-4-18(13-17)28-8-10-29(11-9-28)19-7-12-31-15-19/h5-6,17-19,22,27H,2-4,7-15H2,1H3,(H,26,30)/t17-,18+,19?,22?/m1/s1. The maximum absolute atomic E-state index is 14.2. The molecule has 4 aliphatic rings. The molecule has 1 aromatic carbocycles. The Bertz CT molecular complexity index is 774. The van der Waals surface area contributed by atoms with E-state index in [1.807, 2.05) is 6.92 Å². The Labute approximate surface area is 184 Å². The van der Waals surface area contributed by atoms with E-state index in [4.69, 9.17) is 4.74 Å². The summed E-state index contributed by atoms with van der Waals surface area (Å²) in [6.07, 6.45) is 6.02. The van der Waals surface area contributed by atoms with Crippen molar-refractivity contribution in [3.8, 4) is 0 Å². The number of piperazine rings is 1. The predicted octanol–water partition coefficient (Wildman–Crippen LogP) is 2.30. The number of aryl methyl sites for hydroxylation is 1. The Morgan fingerprint density at radius 2 is 1.90 bits per heavy atom. The van der Waals surface area contributed by atoms with E-state index in [0.717, 1.165) is 69.9 Å². The van der Waals surface area contributed by atoms with Crippen molar-refractivity contribution in [3.63, 3.8) is 0 Å². The van der Waals surface area contributed by atoms with Crippen LogP contribution in [0.5, 0.6) is 0 Å². The summed E-state index contributed by atoms with van der Waals surface area (Å²) in [6, 6.07) is 4.27. The first-order valence-electron chi connectivity index (χ1n) is 12.0. The quantitative estimate of drug-likeness (QED) is 0.768. The summed E-state index contributed by atoms with van der Waals surface area (Å²) in [5.41, 5.74) is 2.44. The van der Waals surface area contributed by atoms with Crippen molar-refractivity contribution >= 4 is 11.6 Å². The number of carbonyl (C=O) groups excluding carboxylic acids is 1. The van der Waals surface area contributed by atoms with Crippen LogP contribution >= 0.6 is 0 Å². The highest BCUT2D eigenvalue weighted by molar-refractivity contribution is 5.88. The lowest BCUT2D eigenvalue weighted by Gasteiger charge is -2.43. The number of carbonyl (C=O) groups is 1. The largest absolute Gasteiger partial charge is 0.380 e. The Hall–Kier alpha value is -1.70. The van der Waals surface area contributed by atoms with Crippen molar-refractivity contribution in [2.75, 3.05) is 44.7 Å². The number of hydrogen-bond donors (Lipinski definition) is 2. The fraction of sp³-hybridized carbons (Fsp3) is 0.708. The minimum atomic E-state index is -0.372. The number of nitrogens with zero attached hydrogens (tertiary/aromatic N) is 2. The fourth-order valence-electron chi connectivity index (χ4n) is 5.93. The lowest BCUT2D eigenvalue weighted by molar-refractivity contribution is -0.122. The van der Waals surface area contributed by atoms with Crippen LogP contribution in [0, 0.1) is 12.7 Å². The molecule has 3 heterocycles. The molecule has 3 aliphatic heterocycles. The average Bonchev–Trinajstić information content (AvgIpc) is 3.48. The SMILES string of the molecule is Cc1ccc(F)c2c1NC(C(=O)N[C@@H]1CCC[C@H](N3CCN(C4CCOC4)CC3)C1)C2. The van der Waals surface area contributed by atoms with Gasteiger partial charge in [-0.3, -0.25) is 14.6 Å². The molecule has 3 fully saturated rings. The molecule has 4 atom stereocenters. The van der Waals surface area contributed by atoms with Gasteiger partial charge in [0.2, 0.25) is 5.91 Å². The molecule has 2 N–H and O–H groups in total. The van der Waals surface area contributed by atoms with Gasteiger partial charge in [0.15, 0.2) is 0 Å². The number of anilines is 1. The van der Waals surface area contributed by atoms with Crippen LogP contribution < -0.4 is 10.6 Å². The van der Waals surface area contributed by atoms with E-state index in [1.54, 1.807) is 6.07 Å². The molecule has 0 spiro atoms. The van der Waals surface area contributed by atoms with E-state index in [0.29, 0.717) is 24.1 Å². The third-order valence-electron chi connectivity index (χ3n) is 7.79. The van der Waals surface area contributed by atoms with E-state index in [9.17, 15) is 9.18 Å². The number of halogens is 1. The van der Waals surface area contributed by atoms with Crippen LogP contribution in [0.4, 0.5) is 10.1 Å². The molecule has 0 radical (unpaired) electrons. The Kier molecular flexibility index (Phi) is 6.17. The fourth-order valence-corrected chi connectivity index (χ4v) is 5.93. The molecule has 6 nitrogen and oxygen atoms in total. The molecular formula is C24H35FN4O2. The molecule has 0 bridgehead atoms. The van der Waals surface area contributed by atoms with Crippen LogP contribution in [-0.2, 0) is 16.0 Å². The van der Waals surface area contributed by atoms with Crippen LogP contribution in [0.2, 0.25) is 0 Å². The first kappa shape index (κ1) is 21.2. The molecule has 1 aromatic rings. The second-order valence-electron chi connectivity index (χ2n) is 9.73. The van der Waals surface area contributed by atoms with Gasteiger partial charge in [-0.25, -0.2) is 4.39 Å². The van der Waals surface area contributed by atoms with E-state index >= 15 is 0 Å². The summed E-state index contributed by atoms with van der Waals surface area (Å²) in [7, 11) is 0. The van der Waals surface area contributed by atoms with Gasteiger partial charge in [-0.1, -0.05) is 6.07 Å². The van der Waals surface area contributed by atoms with Gasteiger partial charge < -0.3 is 15.4 Å². The van der Waals surface area contributed by atoms with Crippen LogP contribution in [0.3, 0.4) is 0 Å². The summed E-state index contributed by atoms with van der Waals surface area (Å²) >= 11 is 0. The highest BCUT2D eigenvalue weighted by Crippen LogP contribution is 2.32. The molecule has 1 amide bonds. The number of nitrogens with one attached hydrogen (secondary N) is 2. The first-order chi connectivity index (χ1) is 15.1. The summed E-state index contributed by atoms with van der Waals surface area (Å²) < 4.78 is 19.7. The zero-order chi connectivity index (χ0) is 21.4. The second kappa shape index (κ2) is 9.04. The lowest BCUT2D eigenvalue weighted by Crippen LogP contribution is -2.55. The molecule has 5 rings (SSSR count). The maximum Gasteiger partial charge on any atom is 0.243 e. The number of rotatable bonds is 4. The zero-order valence-corrected chi connectivity index (χ0v) is 18.5. The van der Waals surface area contributed by atoms with Crippen LogP contribution in [-0.4, -0.2) is 79.3 Å². The third kappa shape index (κ3) is 4.45. The van der Waals surface area contributed by atoms with Crippen LogP contribution in [0.15, 0.2) is 12.1 Å². The number of ether oxygens (including phenoxy) is 1. The summed E-state index contributed by atoms with van der Waals surface area (Å²) in [5.74, 6) is -0.212. The van der Waals surface area contributed by atoms with Gasteiger partial charge in [0, 0.05) is 68.6 Å². The van der Waals surface area contributed by atoms with Crippen molar-refractivity contribution in [2.24, 2.45) is 0 Å². The average molecular weight is 431 g/mol. The molecule has 1 saturated carbocycles. The highest BCUT2D eigenvalue weighted by Gasteiger charge is 2.35. The smallest absolute Gasteiger partial charge is 0.243 e. The van der Waals surface area contributed by atoms with Gasteiger partial charge >= 0.3 is 0 Å². The summed E-state index contributed by atoms with van der Waals surface area (Å²) in [4.78, 5) is 18.2. The molecule has 31 heavy (non-hydrogen) atoms. The lowest BCUT2D eigenvalue weighted by atomic mass is 9.89. The Morgan fingerprint density at radius 1 is 1.13 bits per heavy atom. The van der Waals surface area contributed by atoms with E-state index in [2.05, 4.69) is 20.4 Å². The Morgan fingerprint density at radius 3 is 2.61 bits per heavy atom. The second-order valence-corrected chi connectivity index (χ2v) is 9.73. The predicted molar refractivity (Wildman–Crippen MR) is 119 cm³/mol. The highest BCUT2D eigenvalue weighted by atomic mass is 19.1.